The van der Waals surface area contributed by atoms with Crippen molar-refractivity contribution in [2.24, 2.45) is 5.92 Å². The third-order valence-electron chi connectivity index (χ3n) is 5.74. The zero-order valence-electron chi connectivity index (χ0n) is 15.2. The molecule has 2 aromatic heterocycles. The van der Waals surface area contributed by atoms with Gasteiger partial charge in [0, 0.05) is 40.6 Å². The van der Waals surface area contributed by atoms with E-state index in [1.54, 1.807) is 12.1 Å². The summed E-state index contributed by atoms with van der Waals surface area (Å²) in [4.78, 5) is 16.3. The SMILES string of the molecule is O=C(O)C1CCc2c(Cc3ccc4ccccc4n3)c3cc(F)ccc3n2C1. The Labute approximate surface area is 161 Å². The van der Waals surface area contributed by atoms with Gasteiger partial charge in [-0.25, -0.2) is 4.39 Å². The number of hydrogen-bond acceptors (Lipinski definition) is 2. The van der Waals surface area contributed by atoms with Crippen molar-refractivity contribution in [2.75, 3.05) is 0 Å². The van der Waals surface area contributed by atoms with Gasteiger partial charge in [-0.3, -0.25) is 9.78 Å². The highest BCUT2D eigenvalue weighted by Crippen LogP contribution is 2.34. The highest BCUT2D eigenvalue weighted by atomic mass is 19.1. The number of carboxylic acid groups (broad SMARTS) is 1. The van der Waals surface area contributed by atoms with Gasteiger partial charge in [-0.05, 0) is 48.7 Å². The molecule has 1 aliphatic heterocycles. The van der Waals surface area contributed by atoms with E-state index in [0.29, 0.717) is 25.8 Å². The monoisotopic (exact) mass is 374 g/mol. The topological polar surface area (TPSA) is 55.1 Å². The van der Waals surface area contributed by atoms with E-state index in [4.69, 9.17) is 4.98 Å². The lowest BCUT2D eigenvalue weighted by molar-refractivity contribution is -0.142. The molecule has 0 saturated heterocycles. The molecule has 0 aliphatic carbocycles. The summed E-state index contributed by atoms with van der Waals surface area (Å²) >= 11 is 0. The Kier molecular flexibility index (Phi) is 3.90. The van der Waals surface area contributed by atoms with Crippen LogP contribution in [0.2, 0.25) is 0 Å². The molecular weight excluding hydrogens is 355 g/mol. The van der Waals surface area contributed by atoms with Crippen LogP contribution in [0, 0.1) is 11.7 Å². The number of halogens is 1. The Bertz CT molecular complexity index is 1230. The molecule has 0 amide bonds. The predicted molar refractivity (Wildman–Crippen MR) is 106 cm³/mol. The summed E-state index contributed by atoms with van der Waals surface area (Å²) in [7, 11) is 0. The number of fused-ring (bicyclic) bond motifs is 4. The molecular formula is C23H19FN2O2. The molecule has 4 aromatic rings. The minimum Gasteiger partial charge on any atom is -0.481 e. The number of para-hydroxylation sites is 1. The quantitative estimate of drug-likeness (QED) is 0.572. The Morgan fingerprint density at radius 1 is 1.18 bits per heavy atom. The van der Waals surface area contributed by atoms with Crippen molar-refractivity contribution < 1.29 is 14.3 Å². The summed E-state index contributed by atoms with van der Waals surface area (Å²) in [5.74, 6) is -1.45. The first-order valence-corrected chi connectivity index (χ1v) is 9.47. The minimum absolute atomic E-state index is 0.280. The Morgan fingerprint density at radius 3 is 2.89 bits per heavy atom. The molecule has 3 heterocycles. The number of hydrogen-bond donors (Lipinski definition) is 1. The number of nitrogens with zero attached hydrogens (tertiary/aromatic N) is 2. The first-order chi connectivity index (χ1) is 13.6. The molecule has 0 radical (unpaired) electrons. The second-order valence-corrected chi connectivity index (χ2v) is 7.44. The van der Waals surface area contributed by atoms with Crippen molar-refractivity contribution in [1.82, 2.24) is 9.55 Å². The van der Waals surface area contributed by atoms with E-state index in [0.717, 1.165) is 38.8 Å². The first-order valence-electron chi connectivity index (χ1n) is 9.47. The molecule has 0 spiro atoms. The standard InChI is InChI=1S/C23H19FN2O2/c24-16-7-10-22-18(11-16)19(21-9-6-15(23(27)28)13-26(21)22)12-17-8-5-14-3-1-2-4-20(14)25-17/h1-5,7-8,10-11,15H,6,9,12-13H2,(H,27,28). The number of aromatic nitrogens is 2. The Balaban J connectivity index is 1.64. The van der Waals surface area contributed by atoms with Crippen LogP contribution in [0.3, 0.4) is 0 Å². The first kappa shape index (κ1) is 16.9. The molecule has 5 rings (SSSR count). The zero-order valence-corrected chi connectivity index (χ0v) is 15.2. The molecule has 0 bridgehead atoms. The van der Waals surface area contributed by atoms with Gasteiger partial charge in [0.1, 0.15) is 5.82 Å². The molecule has 1 aliphatic rings. The van der Waals surface area contributed by atoms with E-state index in [9.17, 15) is 14.3 Å². The summed E-state index contributed by atoms with van der Waals surface area (Å²) in [5, 5.41) is 11.4. The normalized spacial score (nSPS) is 16.4. The molecule has 4 nitrogen and oxygen atoms in total. The molecule has 1 unspecified atom stereocenters. The second-order valence-electron chi connectivity index (χ2n) is 7.44. The van der Waals surface area contributed by atoms with Gasteiger partial charge in [0.2, 0.25) is 0 Å². The van der Waals surface area contributed by atoms with Crippen LogP contribution in [0.1, 0.15) is 23.4 Å². The highest BCUT2D eigenvalue weighted by Gasteiger charge is 2.28. The molecule has 2 aromatic carbocycles. The van der Waals surface area contributed by atoms with Crippen LogP contribution in [0.25, 0.3) is 21.8 Å². The molecule has 0 saturated carbocycles. The predicted octanol–water partition coefficient (Wildman–Crippen LogP) is 4.57. The van der Waals surface area contributed by atoms with Crippen molar-refractivity contribution >= 4 is 27.8 Å². The fourth-order valence-electron chi connectivity index (χ4n) is 4.35. The van der Waals surface area contributed by atoms with Crippen molar-refractivity contribution in [3.8, 4) is 0 Å². The van der Waals surface area contributed by atoms with Gasteiger partial charge in [0.05, 0.1) is 11.4 Å². The van der Waals surface area contributed by atoms with Crippen molar-refractivity contribution in [3.63, 3.8) is 0 Å². The number of carboxylic acids is 1. The fraction of sp³-hybridized carbons (Fsp3) is 0.217. The van der Waals surface area contributed by atoms with Crippen LogP contribution in [-0.2, 0) is 24.2 Å². The maximum absolute atomic E-state index is 14.0. The molecule has 5 heteroatoms. The lowest BCUT2D eigenvalue weighted by Gasteiger charge is -2.23. The summed E-state index contributed by atoms with van der Waals surface area (Å²) in [6.07, 6.45) is 1.88. The van der Waals surface area contributed by atoms with E-state index in [1.165, 1.54) is 6.07 Å². The van der Waals surface area contributed by atoms with Gasteiger partial charge in [-0.15, -0.1) is 0 Å². The van der Waals surface area contributed by atoms with E-state index in [1.807, 2.05) is 30.3 Å². The van der Waals surface area contributed by atoms with Crippen LogP contribution in [0.4, 0.5) is 4.39 Å². The Morgan fingerprint density at radius 2 is 2.04 bits per heavy atom. The summed E-state index contributed by atoms with van der Waals surface area (Å²) in [5.41, 5.74) is 4.93. The molecule has 1 N–H and O–H groups in total. The van der Waals surface area contributed by atoms with Crippen LogP contribution >= 0.6 is 0 Å². The van der Waals surface area contributed by atoms with E-state index in [-0.39, 0.29) is 5.82 Å². The van der Waals surface area contributed by atoms with Crippen LogP contribution in [-0.4, -0.2) is 20.6 Å². The maximum Gasteiger partial charge on any atom is 0.308 e. The number of benzene rings is 2. The van der Waals surface area contributed by atoms with Crippen molar-refractivity contribution in [2.45, 2.75) is 25.8 Å². The minimum atomic E-state index is -0.771. The summed E-state index contributed by atoms with van der Waals surface area (Å²) < 4.78 is 16.1. The van der Waals surface area contributed by atoms with E-state index < -0.39 is 11.9 Å². The lowest BCUT2D eigenvalue weighted by Crippen LogP contribution is -2.26. The van der Waals surface area contributed by atoms with E-state index in [2.05, 4.69) is 10.6 Å². The molecule has 28 heavy (non-hydrogen) atoms. The second kappa shape index (κ2) is 6.44. The van der Waals surface area contributed by atoms with Gasteiger partial charge < -0.3 is 9.67 Å². The molecule has 1 atom stereocenters. The smallest absolute Gasteiger partial charge is 0.308 e. The zero-order chi connectivity index (χ0) is 19.3. The fourth-order valence-corrected chi connectivity index (χ4v) is 4.35. The number of aliphatic carboxylic acids is 1. The third-order valence-corrected chi connectivity index (χ3v) is 5.74. The number of rotatable bonds is 3. The third kappa shape index (κ3) is 2.74. The average molecular weight is 374 g/mol. The highest BCUT2D eigenvalue weighted by molar-refractivity contribution is 5.87. The summed E-state index contributed by atoms with van der Waals surface area (Å²) in [6, 6.07) is 16.8. The van der Waals surface area contributed by atoms with Crippen LogP contribution < -0.4 is 0 Å². The average Bonchev–Trinajstić information content (AvgIpc) is 3.00. The van der Waals surface area contributed by atoms with Crippen molar-refractivity contribution in [1.29, 1.82) is 0 Å². The van der Waals surface area contributed by atoms with Gasteiger partial charge >= 0.3 is 5.97 Å². The van der Waals surface area contributed by atoms with Crippen molar-refractivity contribution in [3.05, 3.63) is 77.4 Å². The lowest BCUT2D eigenvalue weighted by atomic mass is 9.95. The van der Waals surface area contributed by atoms with Crippen LogP contribution in [0.15, 0.2) is 54.6 Å². The molecule has 0 fully saturated rings. The van der Waals surface area contributed by atoms with Crippen LogP contribution in [0.5, 0.6) is 0 Å². The molecule has 140 valence electrons. The summed E-state index contributed by atoms with van der Waals surface area (Å²) in [6.45, 7) is 0.429. The number of pyridine rings is 1. The van der Waals surface area contributed by atoms with Gasteiger partial charge in [-0.2, -0.15) is 0 Å². The van der Waals surface area contributed by atoms with Gasteiger partial charge in [-0.1, -0.05) is 24.3 Å². The van der Waals surface area contributed by atoms with Gasteiger partial charge in [0.25, 0.3) is 0 Å². The Hall–Kier alpha value is -3.21. The van der Waals surface area contributed by atoms with Gasteiger partial charge in [0.15, 0.2) is 0 Å². The maximum atomic E-state index is 14.0. The number of carbonyl (C=O) groups is 1. The van der Waals surface area contributed by atoms with E-state index >= 15 is 0 Å². The largest absolute Gasteiger partial charge is 0.481 e.